The van der Waals surface area contributed by atoms with Gasteiger partial charge in [0.05, 0.1) is 6.04 Å². The predicted octanol–water partition coefficient (Wildman–Crippen LogP) is -1.82. The van der Waals surface area contributed by atoms with Crippen LogP contribution in [-0.4, -0.2) is 74.7 Å². The van der Waals surface area contributed by atoms with Crippen molar-refractivity contribution in [3.8, 4) is 0 Å². The van der Waals surface area contributed by atoms with Crippen molar-refractivity contribution in [1.82, 2.24) is 10.6 Å². The highest BCUT2D eigenvalue weighted by Crippen LogP contribution is 2.03. The molecule has 0 saturated heterocycles. The normalized spacial score (nSPS) is 11.4. The molecule has 1 amide bonds. The van der Waals surface area contributed by atoms with Crippen molar-refractivity contribution in [2.24, 2.45) is 0 Å². The van der Waals surface area contributed by atoms with Crippen LogP contribution in [0.4, 0.5) is 0 Å². The van der Waals surface area contributed by atoms with Crippen molar-refractivity contribution in [2.75, 3.05) is 6.54 Å². The van der Waals surface area contributed by atoms with Crippen LogP contribution in [0.3, 0.4) is 0 Å². The molecule has 0 saturated carbocycles. The van der Waals surface area contributed by atoms with Crippen LogP contribution in [0.2, 0.25) is 0 Å². The fourth-order valence-corrected chi connectivity index (χ4v) is 1.91. The molecule has 0 bridgehead atoms. The van der Waals surface area contributed by atoms with Crippen molar-refractivity contribution in [3.05, 3.63) is 23.7 Å². The van der Waals surface area contributed by atoms with Gasteiger partial charge in [0, 0.05) is 19.4 Å². The highest BCUT2D eigenvalue weighted by Gasteiger charge is 2.26. The van der Waals surface area contributed by atoms with E-state index in [-0.39, 0.29) is 37.7 Å². The summed E-state index contributed by atoms with van der Waals surface area (Å²) in [6.45, 7) is 3.73. The van der Waals surface area contributed by atoms with E-state index >= 15 is 0 Å². The fraction of sp³-hybridized carbons (Fsp3) is 0.467. The van der Waals surface area contributed by atoms with Crippen LogP contribution in [0.1, 0.15) is 25.7 Å². The Labute approximate surface area is 154 Å². The molecule has 0 spiro atoms. The number of nitrogens with zero attached hydrogens (tertiary/aromatic N) is 4. The third-order valence-corrected chi connectivity index (χ3v) is 3.20. The van der Waals surface area contributed by atoms with E-state index in [0.717, 1.165) is 0 Å². The van der Waals surface area contributed by atoms with Gasteiger partial charge in [-0.1, -0.05) is 6.08 Å². The summed E-state index contributed by atoms with van der Waals surface area (Å²) in [5, 5.41) is 14.2. The zero-order valence-corrected chi connectivity index (χ0v) is 14.5. The van der Waals surface area contributed by atoms with E-state index in [0.29, 0.717) is 12.4 Å². The number of aliphatic carboxylic acids is 1. The second-order valence-corrected chi connectivity index (χ2v) is 5.15. The van der Waals surface area contributed by atoms with Gasteiger partial charge in [-0.2, -0.15) is 9.58 Å². The smallest absolute Gasteiger partial charge is 0.326 e. The molecule has 0 fully saturated rings. The number of hydrogen-bond acceptors (Lipinski definition) is 5. The fourth-order valence-electron chi connectivity index (χ4n) is 1.91. The van der Waals surface area contributed by atoms with E-state index in [1.165, 1.54) is 6.08 Å². The third-order valence-electron chi connectivity index (χ3n) is 3.20. The average molecular weight is 382 g/mol. The molecule has 0 aromatic heterocycles. The van der Waals surface area contributed by atoms with Crippen LogP contribution < -0.4 is 10.6 Å². The van der Waals surface area contributed by atoms with Crippen molar-refractivity contribution in [1.29, 1.82) is 0 Å². The van der Waals surface area contributed by atoms with Crippen LogP contribution in [0.25, 0.3) is 11.1 Å². The molecule has 0 aliphatic heterocycles. The summed E-state index contributed by atoms with van der Waals surface area (Å²) in [6.07, 6.45) is 2.33. The third kappa shape index (κ3) is 11.8. The minimum absolute atomic E-state index is 0. The van der Waals surface area contributed by atoms with E-state index in [1.807, 2.05) is 0 Å². The lowest BCUT2D eigenvalue weighted by Gasteiger charge is -2.20. The lowest BCUT2D eigenvalue weighted by Crippen LogP contribution is -2.50. The van der Waals surface area contributed by atoms with Gasteiger partial charge in [-0.15, -0.1) is 6.58 Å². The number of carboxylic acids is 1. The maximum Gasteiger partial charge on any atom is 0.326 e. The van der Waals surface area contributed by atoms with Crippen molar-refractivity contribution in [2.45, 2.75) is 37.8 Å². The van der Waals surface area contributed by atoms with Gasteiger partial charge >= 0.3 is 18.4 Å². The average Bonchev–Trinajstić information content (AvgIpc) is 2.58. The molecule has 0 heterocycles. The molecule has 5 N–H and O–H groups in total. The van der Waals surface area contributed by atoms with E-state index in [4.69, 9.17) is 16.2 Å². The van der Waals surface area contributed by atoms with Gasteiger partial charge in [0.2, 0.25) is 17.5 Å². The molecule has 148 valence electrons. The summed E-state index contributed by atoms with van der Waals surface area (Å²) in [5.41, 5.74) is 16.5. The molecule has 2 unspecified atom stereocenters. The van der Waals surface area contributed by atoms with Crippen LogP contribution in [-0.2, 0) is 19.2 Å². The SMILES string of the molecule is C=CCNC(CCC(=O)C=[N+]=[N-])C(=O)NC(CCC(=O)C=[N+]=[N-])C(=O)O.O. The van der Waals surface area contributed by atoms with Crippen molar-refractivity contribution >= 4 is 35.9 Å². The summed E-state index contributed by atoms with van der Waals surface area (Å²) < 4.78 is 0. The molecule has 2 atom stereocenters. The molecule has 0 aliphatic carbocycles. The molecule has 27 heavy (non-hydrogen) atoms. The van der Waals surface area contributed by atoms with Gasteiger partial charge in [-0.05, 0) is 12.8 Å². The zero-order chi connectivity index (χ0) is 19.9. The van der Waals surface area contributed by atoms with E-state index in [9.17, 15) is 19.2 Å². The van der Waals surface area contributed by atoms with E-state index in [2.05, 4.69) is 26.8 Å². The van der Waals surface area contributed by atoms with Gasteiger partial charge in [0.15, 0.2) is 0 Å². The summed E-state index contributed by atoms with van der Waals surface area (Å²) in [4.78, 5) is 51.3. The molecule has 12 heteroatoms. The number of hydrogen-bond donors (Lipinski definition) is 3. The van der Waals surface area contributed by atoms with Crippen LogP contribution in [0, 0.1) is 0 Å². The molecule has 0 radical (unpaired) electrons. The maximum atomic E-state index is 12.3. The molecule has 0 rings (SSSR count). The Balaban J connectivity index is 0. The number of amides is 1. The van der Waals surface area contributed by atoms with Crippen LogP contribution >= 0.6 is 0 Å². The first-order valence-electron chi connectivity index (χ1n) is 7.63. The Hall–Kier alpha value is -3.30. The van der Waals surface area contributed by atoms with Crippen LogP contribution in [0.15, 0.2) is 12.7 Å². The van der Waals surface area contributed by atoms with Gasteiger partial charge in [-0.25, -0.2) is 4.79 Å². The number of carbonyl (C=O) groups excluding carboxylic acids is 3. The summed E-state index contributed by atoms with van der Waals surface area (Å²) in [7, 11) is 0. The second-order valence-electron chi connectivity index (χ2n) is 5.15. The van der Waals surface area contributed by atoms with Gasteiger partial charge in [0.1, 0.15) is 6.04 Å². The standard InChI is InChI=1S/C15H20N6O5.H2O/c1-2-7-18-12(5-3-10(22)8-19-16)14(24)21-13(15(25)26)6-4-11(23)9-20-17;/h2,8-9,12-13,18H,1,3-7H2,(H,21,24)(H,25,26);1H2. The molecular formula is C15H22N6O6. The Kier molecular flexibility index (Phi) is 14.4. The summed E-state index contributed by atoms with van der Waals surface area (Å²) in [5.74, 6) is -3.10. The Morgan fingerprint density at radius 2 is 1.48 bits per heavy atom. The van der Waals surface area contributed by atoms with E-state index in [1.54, 1.807) is 0 Å². The van der Waals surface area contributed by atoms with E-state index < -0.39 is 35.5 Å². The van der Waals surface area contributed by atoms with Gasteiger partial charge in [-0.3, -0.25) is 14.4 Å². The number of carboxylic acid groups (broad SMARTS) is 1. The highest BCUT2D eigenvalue weighted by atomic mass is 16.4. The van der Waals surface area contributed by atoms with Crippen molar-refractivity contribution in [3.63, 3.8) is 0 Å². The lowest BCUT2D eigenvalue weighted by atomic mass is 10.1. The number of rotatable bonds is 14. The maximum absolute atomic E-state index is 12.3. The minimum Gasteiger partial charge on any atom is -0.480 e. The first-order chi connectivity index (χ1) is 12.3. The number of Topliss-reactive ketones (excluding diaryl/α,β-unsaturated/α-hetero) is 2. The molecular weight excluding hydrogens is 360 g/mol. The molecule has 0 aliphatic rings. The molecule has 12 nitrogen and oxygen atoms in total. The Morgan fingerprint density at radius 3 is 1.89 bits per heavy atom. The largest absolute Gasteiger partial charge is 0.480 e. The first-order valence-corrected chi connectivity index (χ1v) is 7.63. The highest BCUT2D eigenvalue weighted by molar-refractivity contribution is 6.25. The van der Waals surface area contributed by atoms with Gasteiger partial charge < -0.3 is 32.3 Å². The van der Waals surface area contributed by atoms with Crippen LogP contribution in [0.5, 0.6) is 0 Å². The second kappa shape index (κ2) is 15.0. The predicted molar refractivity (Wildman–Crippen MR) is 93.0 cm³/mol. The number of nitrogens with one attached hydrogen (secondary N) is 2. The monoisotopic (exact) mass is 382 g/mol. The van der Waals surface area contributed by atoms with Crippen molar-refractivity contribution < 1.29 is 39.3 Å². The Bertz CT molecular complexity index is 651. The summed E-state index contributed by atoms with van der Waals surface area (Å²) in [6, 6.07) is -2.22. The Morgan fingerprint density at radius 1 is 1.00 bits per heavy atom. The number of carbonyl (C=O) groups is 4. The zero-order valence-electron chi connectivity index (χ0n) is 14.5. The minimum atomic E-state index is -1.34. The molecule has 0 aromatic carbocycles. The molecule has 0 aromatic rings. The number of ketones is 2. The topological polar surface area (TPSA) is 217 Å². The first kappa shape index (κ1) is 25.9. The quantitative estimate of drug-likeness (QED) is 0.136. The lowest BCUT2D eigenvalue weighted by molar-refractivity contribution is -0.142. The summed E-state index contributed by atoms with van der Waals surface area (Å²) >= 11 is 0. The van der Waals surface area contributed by atoms with Gasteiger partial charge in [0.25, 0.3) is 0 Å².